The molecule has 1 aliphatic rings. The summed E-state index contributed by atoms with van der Waals surface area (Å²) in [5.41, 5.74) is 6.62. The van der Waals surface area contributed by atoms with Gasteiger partial charge in [0, 0.05) is 18.7 Å². The van der Waals surface area contributed by atoms with Crippen LogP contribution in [-0.2, 0) is 0 Å². The molecule has 6 heteroatoms. The normalized spacial score (nSPS) is 21.5. The monoisotopic (exact) mass is 318 g/mol. The molecular formula is C14H20Cl2N2O2. The molecule has 112 valence electrons. The van der Waals surface area contributed by atoms with Gasteiger partial charge in [-0.15, -0.1) is 12.4 Å². The standard InChI is InChI=1S/C14H19ClN2O2.ClH/c1-8-4-5-17(9(8)2)14(18)10-6-11(15)12(16)7-13(10)19-3;/h6-9H,4-5,16H2,1-3H3;1H. The van der Waals surface area contributed by atoms with Gasteiger partial charge in [-0.05, 0) is 25.3 Å². The first kappa shape index (κ1) is 16.9. The van der Waals surface area contributed by atoms with E-state index in [9.17, 15) is 4.79 Å². The van der Waals surface area contributed by atoms with Crippen LogP contribution in [-0.4, -0.2) is 30.5 Å². The van der Waals surface area contributed by atoms with Crippen LogP contribution in [0.5, 0.6) is 5.75 Å². The van der Waals surface area contributed by atoms with Crippen LogP contribution >= 0.6 is 24.0 Å². The molecule has 1 aliphatic heterocycles. The van der Waals surface area contributed by atoms with E-state index in [2.05, 4.69) is 13.8 Å². The fourth-order valence-corrected chi connectivity index (χ4v) is 2.60. The Morgan fingerprint density at radius 3 is 2.60 bits per heavy atom. The molecule has 1 saturated heterocycles. The molecule has 2 rings (SSSR count). The highest BCUT2D eigenvalue weighted by atomic mass is 35.5. The van der Waals surface area contributed by atoms with Crippen molar-refractivity contribution < 1.29 is 9.53 Å². The van der Waals surface area contributed by atoms with Gasteiger partial charge in [0.15, 0.2) is 0 Å². The molecule has 2 unspecified atom stereocenters. The van der Waals surface area contributed by atoms with Crippen molar-refractivity contribution >= 4 is 35.6 Å². The second-order valence-electron chi connectivity index (χ2n) is 5.08. The Labute approximate surface area is 130 Å². The maximum absolute atomic E-state index is 12.6. The lowest BCUT2D eigenvalue weighted by Gasteiger charge is -2.24. The largest absolute Gasteiger partial charge is 0.496 e. The van der Waals surface area contributed by atoms with Crippen LogP contribution in [0.25, 0.3) is 0 Å². The number of hydrogen-bond acceptors (Lipinski definition) is 3. The van der Waals surface area contributed by atoms with Gasteiger partial charge in [-0.1, -0.05) is 18.5 Å². The molecule has 1 aromatic rings. The SMILES string of the molecule is COc1cc(N)c(Cl)cc1C(=O)N1CCC(C)C1C.Cl. The van der Waals surface area contributed by atoms with E-state index in [1.807, 2.05) is 4.90 Å². The number of halogens is 2. The number of nitrogen functional groups attached to an aromatic ring is 1. The molecule has 0 bridgehead atoms. The Balaban J connectivity index is 0.00000200. The predicted molar refractivity (Wildman–Crippen MR) is 83.9 cm³/mol. The number of amides is 1. The van der Waals surface area contributed by atoms with Gasteiger partial charge in [0.05, 0.1) is 23.4 Å². The van der Waals surface area contributed by atoms with Crippen LogP contribution in [0.2, 0.25) is 5.02 Å². The lowest BCUT2D eigenvalue weighted by Crippen LogP contribution is -2.35. The van der Waals surface area contributed by atoms with E-state index in [1.54, 1.807) is 12.1 Å². The molecule has 2 N–H and O–H groups in total. The van der Waals surface area contributed by atoms with Crippen molar-refractivity contribution in [3.8, 4) is 5.75 Å². The summed E-state index contributed by atoms with van der Waals surface area (Å²) in [6.45, 7) is 5.00. The summed E-state index contributed by atoms with van der Waals surface area (Å²) in [5, 5.41) is 0.379. The molecule has 0 aromatic heterocycles. The molecular weight excluding hydrogens is 299 g/mol. The minimum atomic E-state index is -0.0457. The maximum atomic E-state index is 12.6. The van der Waals surface area contributed by atoms with Crippen molar-refractivity contribution in [2.45, 2.75) is 26.3 Å². The highest BCUT2D eigenvalue weighted by molar-refractivity contribution is 6.33. The van der Waals surface area contributed by atoms with Gasteiger partial charge in [0.1, 0.15) is 5.75 Å². The number of benzene rings is 1. The predicted octanol–water partition coefficient (Wildman–Crippen LogP) is 3.22. The molecule has 1 amide bonds. The Morgan fingerprint density at radius 1 is 1.45 bits per heavy atom. The van der Waals surface area contributed by atoms with Gasteiger partial charge in [-0.25, -0.2) is 0 Å². The summed E-state index contributed by atoms with van der Waals surface area (Å²) in [5.74, 6) is 0.938. The molecule has 0 spiro atoms. The smallest absolute Gasteiger partial charge is 0.257 e. The number of methoxy groups -OCH3 is 1. The van der Waals surface area contributed by atoms with Crippen LogP contribution < -0.4 is 10.5 Å². The number of nitrogens with zero attached hydrogens (tertiary/aromatic N) is 1. The van der Waals surface area contributed by atoms with Crippen LogP contribution in [0.4, 0.5) is 5.69 Å². The zero-order chi connectivity index (χ0) is 14.2. The van der Waals surface area contributed by atoms with Gasteiger partial charge in [0.25, 0.3) is 5.91 Å². The molecule has 1 aromatic carbocycles. The molecule has 0 saturated carbocycles. The van der Waals surface area contributed by atoms with Crippen LogP contribution in [0.3, 0.4) is 0 Å². The summed E-state index contributed by atoms with van der Waals surface area (Å²) in [4.78, 5) is 14.5. The van der Waals surface area contributed by atoms with E-state index in [0.717, 1.165) is 13.0 Å². The minimum Gasteiger partial charge on any atom is -0.496 e. The zero-order valence-corrected chi connectivity index (χ0v) is 13.4. The lowest BCUT2D eigenvalue weighted by molar-refractivity contribution is 0.0731. The van der Waals surface area contributed by atoms with E-state index in [-0.39, 0.29) is 24.4 Å². The minimum absolute atomic E-state index is 0. The van der Waals surface area contributed by atoms with E-state index >= 15 is 0 Å². The number of hydrogen-bond donors (Lipinski definition) is 1. The van der Waals surface area contributed by atoms with Gasteiger partial charge in [0.2, 0.25) is 0 Å². The Morgan fingerprint density at radius 2 is 2.10 bits per heavy atom. The number of carbonyl (C=O) groups is 1. The van der Waals surface area contributed by atoms with Crippen LogP contribution in [0.1, 0.15) is 30.6 Å². The molecule has 20 heavy (non-hydrogen) atoms. The molecule has 4 nitrogen and oxygen atoms in total. The second-order valence-corrected chi connectivity index (χ2v) is 5.49. The fraction of sp³-hybridized carbons (Fsp3) is 0.500. The van der Waals surface area contributed by atoms with Gasteiger partial charge in [-0.2, -0.15) is 0 Å². The molecule has 2 atom stereocenters. The number of likely N-dealkylation sites (tertiary alicyclic amines) is 1. The molecule has 1 fully saturated rings. The number of nitrogens with two attached hydrogens (primary N) is 1. The second kappa shape index (κ2) is 6.55. The first-order valence-corrected chi connectivity index (χ1v) is 6.77. The maximum Gasteiger partial charge on any atom is 0.257 e. The summed E-state index contributed by atoms with van der Waals surface area (Å²) in [6, 6.07) is 3.42. The van der Waals surface area contributed by atoms with E-state index in [4.69, 9.17) is 22.1 Å². The van der Waals surface area contributed by atoms with Crippen molar-refractivity contribution in [2.24, 2.45) is 5.92 Å². The summed E-state index contributed by atoms with van der Waals surface area (Å²) in [6.07, 6.45) is 1.03. The summed E-state index contributed by atoms with van der Waals surface area (Å²) >= 11 is 6.01. The molecule has 0 aliphatic carbocycles. The van der Waals surface area contributed by atoms with E-state index in [1.165, 1.54) is 7.11 Å². The summed E-state index contributed by atoms with van der Waals surface area (Å²) in [7, 11) is 1.52. The Bertz CT molecular complexity index is 508. The zero-order valence-electron chi connectivity index (χ0n) is 11.9. The Hall–Kier alpha value is -1.13. The number of rotatable bonds is 2. The van der Waals surface area contributed by atoms with Crippen molar-refractivity contribution in [1.29, 1.82) is 0 Å². The Kier molecular flexibility index (Phi) is 5.54. The van der Waals surface area contributed by atoms with Crippen molar-refractivity contribution in [3.05, 3.63) is 22.7 Å². The van der Waals surface area contributed by atoms with E-state index in [0.29, 0.717) is 27.9 Å². The highest BCUT2D eigenvalue weighted by Crippen LogP contribution is 2.32. The average molecular weight is 319 g/mol. The third-order valence-corrected chi connectivity index (χ3v) is 4.28. The van der Waals surface area contributed by atoms with Gasteiger partial charge < -0.3 is 15.4 Å². The number of ether oxygens (including phenoxy) is 1. The number of anilines is 1. The number of carbonyl (C=O) groups excluding carboxylic acids is 1. The third-order valence-electron chi connectivity index (χ3n) is 3.95. The summed E-state index contributed by atoms with van der Waals surface area (Å²) < 4.78 is 5.24. The lowest BCUT2D eigenvalue weighted by atomic mass is 10.0. The van der Waals surface area contributed by atoms with Crippen LogP contribution in [0, 0.1) is 5.92 Å². The first-order valence-electron chi connectivity index (χ1n) is 6.39. The first-order chi connectivity index (χ1) is 8.95. The third kappa shape index (κ3) is 2.96. The van der Waals surface area contributed by atoms with Crippen LogP contribution in [0.15, 0.2) is 12.1 Å². The molecule has 0 radical (unpaired) electrons. The van der Waals surface area contributed by atoms with Gasteiger partial charge in [-0.3, -0.25) is 4.79 Å². The van der Waals surface area contributed by atoms with Crippen molar-refractivity contribution in [2.75, 3.05) is 19.4 Å². The topological polar surface area (TPSA) is 55.6 Å². The van der Waals surface area contributed by atoms with Gasteiger partial charge >= 0.3 is 0 Å². The average Bonchev–Trinajstić information content (AvgIpc) is 2.72. The molecule has 1 heterocycles. The van der Waals surface area contributed by atoms with E-state index < -0.39 is 0 Å². The quantitative estimate of drug-likeness (QED) is 0.852. The van der Waals surface area contributed by atoms with Crippen molar-refractivity contribution in [3.63, 3.8) is 0 Å². The highest BCUT2D eigenvalue weighted by Gasteiger charge is 2.32. The van der Waals surface area contributed by atoms with Crippen molar-refractivity contribution in [1.82, 2.24) is 4.90 Å². The fourth-order valence-electron chi connectivity index (χ4n) is 2.44.